The fourth-order valence-corrected chi connectivity index (χ4v) is 5.52. The predicted octanol–water partition coefficient (Wildman–Crippen LogP) is 6.81. The van der Waals surface area contributed by atoms with Crippen molar-refractivity contribution < 1.29 is 14.4 Å². The van der Waals surface area contributed by atoms with Crippen LogP contribution in [0.2, 0.25) is 0 Å². The number of likely N-dealkylation sites (tertiary alicyclic amines) is 1. The van der Waals surface area contributed by atoms with E-state index in [2.05, 4.69) is 60.6 Å². The molecular weight excluding hydrogens is 474 g/mol. The molecule has 36 heavy (non-hydrogen) atoms. The second-order valence-electron chi connectivity index (χ2n) is 10.7. The molecule has 2 unspecified atom stereocenters. The van der Waals surface area contributed by atoms with Crippen molar-refractivity contribution in [2.75, 3.05) is 13.1 Å². The van der Waals surface area contributed by atoms with E-state index >= 15 is 0 Å². The first kappa shape index (κ1) is 26.4. The second kappa shape index (κ2) is 11.1. The maximum absolute atomic E-state index is 11.8. The number of aliphatic carboxylic acids is 1. The smallest absolute Gasteiger partial charge is 0.310 e. The van der Waals surface area contributed by atoms with E-state index in [0.29, 0.717) is 36.9 Å². The summed E-state index contributed by atoms with van der Waals surface area (Å²) < 4.78 is 5.65. The lowest BCUT2D eigenvalue weighted by Gasteiger charge is -2.38. The number of halogens is 1. The largest absolute Gasteiger partial charge is 0.481 e. The van der Waals surface area contributed by atoms with E-state index in [1.165, 1.54) is 11.1 Å². The fourth-order valence-electron chi connectivity index (χ4n) is 5.24. The summed E-state index contributed by atoms with van der Waals surface area (Å²) in [5, 5.41) is 14.7. The van der Waals surface area contributed by atoms with Crippen LogP contribution in [-0.2, 0) is 11.3 Å². The van der Waals surface area contributed by atoms with Gasteiger partial charge in [0.1, 0.15) is 0 Å². The Morgan fingerprint density at radius 2 is 1.97 bits per heavy atom. The van der Waals surface area contributed by atoms with Crippen molar-refractivity contribution in [2.24, 2.45) is 17.3 Å². The summed E-state index contributed by atoms with van der Waals surface area (Å²) >= 11 is 6.57. The molecule has 0 radical (unpaired) electrons. The standard InChI is InChI=1S/C29H36ClN3O3/c1-5-10-29(28(34)35)11-13-33(14-12-29)18-21-6-8-22(9-7-21)26-31-27(36-32-26)24-17-25(30)23(15-19(2)3)16-20(24)4/h5-9,16-17,19-20,24H,1,10-15,18H2,2-4H3,(H,34,35). The normalized spacial score (nSPS) is 22.2. The minimum Gasteiger partial charge on any atom is -0.481 e. The highest BCUT2D eigenvalue weighted by molar-refractivity contribution is 6.32. The number of piperidine rings is 1. The number of carboxylic acids is 1. The molecule has 1 fully saturated rings. The Labute approximate surface area is 218 Å². The number of hydrogen-bond donors (Lipinski definition) is 1. The summed E-state index contributed by atoms with van der Waals surface area (Å²) in [5.74, 6) is 1.18. The van der Waals surface area contributed by atoms with E-state index < -0.39 is 11.4 Å². The van der Waals surface area contributed by atoms with E-state index in [4.69, 9.17) is 16.1 Å². The molecule has 0 bridgehead atoms. The number of allylic oxidation sites excluding steroid dienone is 5. The van der Waals surface area contributed by atoms with Gasteiger partial charge in [-0.3, -0.25) is 9.69 Å². The highest BCUT2D eigenvalue weighted by Gasteiger charge is 2.40. The van der Waals surface area contributed by atoms with Crippen LogP contribution >= 0.6 is 11.6 Å². The molecule has 2 heterocycles. The zero-order chi connectivity index (χ0) is 25.9. The van der Waals surface area contributed by atoms with Gasteiger partial charge in [-0.15, -0.1) is 6.58 Å². The molecule has 0 spiro atoms. The second-order valence-corrected chi connectivity index (χ2v) is 11.1. The Morgan fingerprint density at radius 1 is 1.28 bits per heavy atom. The van der Waals surface area contributed by atoms with E-state index in [0.717, 1.165) is 36.7 Å². The Kier molecular flexibility index (Phi) is 8.16. The number of hydrogen-bond acceptors (Lipinski definition) is 5. The van der Waals surface area contributed by atoms with Crippen LogP contribution in [-0.4, -0.2) is 39.2 Å². The van der Waals surface area contributed by atoms with Gasteiger partial charge in [0.2, 0.25) is 11.7 Å². The zero-order valence-electron chi connectivity index (χ0n) is 21.4. The number of carboxylic acid groups (broad SMARTS) is 1. The predicted molar refractivity (Wildman–Crippen MR) is 143 cm³/mol. The number of aromatic nitrogens is 2. The van der Waals surface area contributed by atoms with E-state index in [-0.39, 0.29) is 11.8 Å². The van der Waals surface area contributed by atoms with E-state index in [1.807, 2.05) is 18.2 Å². The lowest BCUT2D eigenvalue weighted by atomic mass is 9.75. The molecule has 1 aromatic carbocycles. The Balaban J connectivity index is 1.38. The first-order chi connectivity index (χ1) is 17.2. The molecule has 1 N–H and O–H groups in total. The molecule has 7 heteroatoms. The summed E-state index contributed by atoms with van der Waals surface area (Å²) in [6.45, 7) is 12.6. The first-order valence-electron chi connectivity index (χ1n) is 12.8. The molecule has 2 atom stereocenters. The maximum Gasteiger partial charge on any atom is 0.310 e. The molecule has 1 aromatic heterocycles. The van der Waals surface area contributed by atoms with Crippen LogP contribution in [0.5, 0.6) is 0 Å². The van der Waals surface area contributed by atoms with Crippen molar-refractivity contribution in [3.63, 3.8) is 0 Å². The van der Waals surface area contributed by atoms with E-state index in [1.54, 1.807) is 6.08 Å². The van der Waals surface area contributed by atoms with Crippen molar-refractivity contribution in [2.45, 2.75) is 58.9 Å². The zero-order valence-corrected chi connectivity index (χ0v) is 22.2. The number of benzene rings is 1. The van der Waals surface area contributed by atoms with Crippen molar-refractivity contribution in [1.29, 1.82) is 0 Å². The van der Waals surface area contributed by atoms with Gasteiger partial charge < -0.3 is 9.63 Å². The average molecular weight is 510 g/mol. The molecule has 0 amide bonds. The van der Waals surface area contributed by atoms with Crippen LogP contribution < -0.4 is 0 Å². The highest BCUT2D eigenvalue weighted by Crippen LogP contribution is 2.39. The van der Waals surface area contributed by atoms with Gasteiger partial charge >= 0.3 is 5.97 Å². The van der Waals surface area contributed by atoms with Gasteiger partial charge in [0.15, 0.2) is 0 Å². The number of nitrogens with zero attached hydrogens (tertiary/aromatic N) is 3. The summed E-state index contributed by atoms with van der Waals surface area (Å²) in [6.07, 6.45) is 8.76. The van der Waals surface area contributed by atoms with Crippen LogP contribution in [0.3, 0.4) is 0 Å². The average Bonchev–Trinajstić information content (AvgIpc) is 3.33. The van der Waals surface area contributed by atoms with Crippen molar-refractivity contribution in [3.8, 4) is 11.4 Å². The van der Waals surface area contributed by atoms with Gasteiger partial charge in [0.05, 0.1) is 11.3 Å². The first-order valence-corrected chi connectivity index (χ1v) is 13.2. The van der Waals surface area contributed by atoms with E-state index in [9.17, 15) is 9.90 Å². The molecule has 1 aliphatic carbocycles. The SMILES string of the molecule is C=CCC1(C(=O)O)CCN(Cc2ccc(-c3noc(C4C=C(Cl)C(CC(C)C)=CC4C)n3)cc2)CC1. The van der Waals surface area contributed by atoms with Crippen LogP contribution in [0.15, 0.2) is 64.2 Å². The maximum atomic E-state index is 11.8. The van der Waals surface area contributed by atoms with Crippen LogP contribution in [0.25, 0.3) is 11.4 Å². The Bertz CT molecular complexity index is 1140. The third-order valence-corrected chi connectivity index (χ3v) is 7.81. The summed E-state index contributed by atoms with van der Waals surface area (Å²) in [7, 11) is 0. The molecule has 4 rings (SSSR count). The quantitative estimate of drug-likeness (QED) is 0.374. The summed E-state index contributed by atoms with van der Waals surface area (Å²) in [6, 6.07) is 8.19. The van der Waals surface area contributed by atoms with Gasteiger partial charge in [-0.1, -0.05) is 80.0 Å². The van der Waals surface area contributed by atoms with Crippen LogP contribution in [0.4, 0.5) is 0 Å². The number of carbonyl (C=O) groups is 1. The topological polar surface area (TPSA) is 79.5 Å². The van der Waals surface area contributed by atoms with Crippen LogP contribution in [0.1, 0.15) is 63.8 Å². The molecule has 0 saturated carbocycles. The molecular formula is C29H36ClN3O3. The van der Waals surface area contributed by atoms with Gasteiger partial charge in [-0.2, -0.15) is 4.98 Å². The third kappa shape index (κ3) is 5.81. The monoisotopic (exact) mass is 509 g/mol. The number of rotatable bonds is 9. The fraction of sp³-hybridized carbons (Fsp3) is 0.483. The Morgan fingerprint density at radius 3 is 2.58 bits per heavy atom. The van der Waals surface area contributed by atoms with Crippen molar-refractivity contribution in [1.82, 2.24) is 15.0 Å². The van der Waals surface area contributed by atoms with Gasteiger partial charge in [0, 0.05) is 17.1 Å². The van der Waals surface area contributed by atoms with Crippen LogP contribution in [0, 0.1) is 17.3 Å². The summed E-state index contributed by atoms with van der Waals surface area (Å²) in [5.41, 5.74) is 2.60. The molecule has 1 saturated heterocycles. The van der Waals surface area contributed by atoms with Gasteiger partial charge in [-0.05, 0) is 61.7 Å². The van der Waals surface area contributed by atoms with Gasteiger partial charge in [0.25, 0.3) is 0 Å². The third-order valence-electron chi connectivity index (χ3n) is 7.44. The lowest BCUT2D eigenvalue weighted by molar-refractivity contribution is -0.152. The molecule has 192 valence electrons. The molecule has 1 aliphatic heterocycles. The molecule has 2 aromatic rings. The minimum absolute atomic E-state index is 0.0351. The Hall–Kier alpha value is -2.70. The molecule has 6 nitrogen and oxygen atoms in total. The molecule has 2 aliphatic rings. The van der Waals surface area contributed by atoms with Crippen molar-refractivity contribution in [3.05, 3.63) is 71.1 Å². The summed E-state index contributed by atoms with van der Waals surface area (Å²) in [4.78, 5) is 18.8. The minimum atomic E-state index is -0.710. The lowest BCUT2D eigenvalue weighted by Crippen LogP contribution is -2.43. The van der Waals surface area contributed by atoms with Crippen molar-refractivity contribution >= 4 is 17.6 Å². The highest BCUT2D eigenvalue weighted by atomic mass is 35.5. The van der Waals surface area contributed by atoms with Gasteiger partial charge in [-0.25, -0.2) is 0 Å².